The molecule has 1 heterocycles. The van der Waals surface area contributed by atoms with Crippen LogP contribution in [0.25, 0.3) is 0 Å². The average molecular weight is 333 g/mol. The molecule has 2 rings (SSSR count). The number of halogens is 2. The molecule has 0 saturated carbocycles. The van der Waals surface area contributed by atoms with E-state index < -0.39 is 12.0 Å². The van der Waals surface area contributed by atoms with Gasteiger partial charge >= 0.3 is 5.97 Å². The number of carboxylic acid groups (broad SMARTS) is 1. The van der Waals surface area contributed by atoms with Crippen molar-refractivity contribution in [1.82, 2.24) is 10.2 Å². The van der Waals surface area contributed by atoms with Gasteiger partial charge < -0.3 is 15.2 Å². The normalized spacial score (nSPS) is 19.1. The molecular formula is C13H14Cl2N2O4. The van der Waals surface area contributed by atoms with Crippen molar-refractivity contribution in [2.45, 2.75) is 6.04 Å². The van der Waals surface area contributed by atoms with Gasteiger partial charge in [-0.05, 0) is 12.1 Å². The van der Waals surface area contributed by atoms with Gasteiger partial charge in [-0.2, -0.15) is 0 Å². The lowest BCUT2D eigenvalue weighted by Gasteiger charge is -2.32. The van der Waals surface area contributed by atoms with E-state index in [1.54, 1.807) is 23.1 Å². The Morgan fingerprint density at radius 1 is 1.43 bits per heavy atom. The van der Waals surface area contributed by atoms with Crippen molar-refractivity contribution >= 4 is 35.1 Å². The van der Waals surface area contributed by atoms with E-state index in [9.17, 15) is 9.59 Å². The van der Waals surface area contributed by atoms with Gasteiger partial charge in [0.05, 0.1) is 16.6 Å². The van der Waals surface area contributed by atoms with Gasteiger partial charge in [-0.15, -0.1) is 0 Å². The van der Waals surface area contributed by atoms with Gasteiger partial charge in [-0.3, -0.25) is 14.5 Å². The number of carbonyl (C=O) groups excluding carboxylic acids is 1. The van der Waals surface area contributed by atoms with Gasteiger partial charge in [0.1, 0.15) is 12.6 Å². The van der Waals surface area contributed by atoms with Gasteiger partial charge in [-0.25, -0.2) is 0 Å². The smallest absolute Gasteiger partial charge is 0.322 e. The van der Waals surface area contributed by atoms with Gasteiger partial charge in [-0.1, -0.05) is 29.3 Å². The van der Waals surface area contributed by atoms with Crippen LogP contribution in [0.1, 0.15) is 0 Å². The Morgan fingerprint density at radius 2 is 2.10 bits per heavy atom. The van der Waals surface area contributed by atoms with Crippen molar-refractivity contribution < 1.29 is 19.4 Å². The number of rotatable bonds is 5. The summed E-state index contributed by atoms with van der Waals surface area (Å²) >= 11 is 11.9. The molecule has 8 heteroatoms. The first kappa shape index (κ1) is 15.9. The minimum absolute atomic E-state index is 0.0244. The number of carbonyl (C=O) groups is 2. The fourth-order valence-electron chi connectivity index (χ4n) is 2.05. The first-order valence-corrected chi connectivity index (χ1v) is 7.05. The lowest BCUT2D eigenvalue weighted by Crippen LogP contribution is -2.58. The van der Waals surface area contributed by atoms with Crippen LogP contribution in [0.3, 0.4) is 0 Å². The molecule has 1 aliphatic heterocycles. The molecule has 1 aromatic carbocycles. The molecule has 1 aromatic rings. The predicted molar refractivity (Wildman–Crippen MR) is 78.0 cm³/mol. The lowest BCUT2D eigenvalue weighted by atomic mass is 10.2. The van der Waals surface area contributed by atoms with Gasteiger partial charge in [0.15, 0.2) is 5.75 Å². The summed E-state index contributed by atoms with van der Waals surface area (Å²) < 4.78 is 5.50. The third-order valence-electron chi connectivity index (χ3n) is 3.11. The Balaban J connectivity index is 1.95. The van der Waals surface area contributed by atoms with Crippen molar-refractivity contribution in [3.8, 4) is 5.75 Å². The molecule has 1 aliphatic rings. The molecule has 0 radical (unpaired) electrons. The maximum Gasteiger partial charge on any atom is 0.322 e. The number of benzene rings is 1. The van der Waals surface area contributed by atoms with E-state index in [0.29, 0.717) is 15.8 Å². The Labute approximate surface area is 131 Å². The van der Waals surface area contributed by atoms with E-state index in [0.717, 1.165) is 0 Å². The van der Waals surface area contributed by atoms with Crippen molar-refractivity contribution in [1.29, 1.82) is 0 Å². The van der Waals surface area contributed by atoms with Crippen molar-refractivity contribution in [3.05, 3.63) is 28.2 Å². The molecule has 0 bridgehead atoms. The van der Waals surface area contributed by atoms with Gasteiger partial charge in [0, 0.05) is 13.1 Å². The minimum Gasteiger partial charge on any atom is -0.489 e. The molecule has 1 amide bonds. The summed E-state index contributed by atoms with van der Waals surface area (Å²) in [5.41, 5.74) is 0. The van der Waals surface area contributed by atoms with Crippen LogP contribution in [-0.4, -0.2) is 54.2 Å². The third-order valence-corrected chi connectivity index (χ3v) is 3.70. The van der Waals surface area contributed by atoms with Crippen LogP contribution in [0.5, 0.6) is 5.75 Å². The fourth-order valence-corrected chi connectivity index (χ4v) is 2.56. The predicted octanol–water partition coefficient (Wildman–Crippen LogP) is 1.26. The van der Waals surface area contributed by atoms with Crippen LogP contribution in [0, 0.1) is 0 Å². The van der Waals surface area contributed by atoms with Crippen LogP contribution in [-0.2, 0) is 9.59 Å². The number of nitrogens with one attached hydrogen (secondary N) is 1. The second-order valence-corrected chi connectivity index (χ2v) is 5.34. The van der Waals surface area contributed by atoms with E-state index >= 15 is 0 Å². The summed E-state index contributed by atoms with van der Waals surface area (Å²) in [6.07, 6.45) is 0. The highest BCUT2D eigenvalue weighted by Crippen LogP contribution is 2.32. The van der Waals surface area contributed by atoms with E-state index in [1.807, 2.05) is 0 Å². The number of aliphatic carboxylic acids is 1. The Hall–Kier alpha value is -1.50. The SMILES string of the molecule is O=C1CN(CCOc2c(Cl)cccc2Cl)C(C(=O)O)CN1. The molecule has 1 saturated heterocycles. The summed E-state index contributed by atoms with van der Waals surface area (Å²) in [5, 5.41) is 12.4. The first-order valence-electron chi connectivity index (χ1n) is 6.29. The average Bonchev–Trinajstić information content (AvgIpc) is 2.42. The quantitative estimate of drug-likeness (QED) is 0.848. The van der Waals surface area contributed by atoms with Crippen LogP contribution in [0.2, 0.25) is 10.0 Å². The van der Waals surface area contributed by atoms with Crippen LogP contribution in [0.4, 0.5) is 0 Å². The number of piperazine rings is 1. The highest BCUT2D eigenvalue weighted by Gasteiger charge is 2.31. The Kier molecular flexibility index (Phi) is 5.27. The van der Waals surface area contributed by atoms with E-state index in [1.165, 1.54) is 0 Å². The van der Waals surface area contributed by atoms with Crippen LogP contribution < -0.4 is 10.1 Å². The molecular weight excluding hydrogens is 319 g/mol. The maximum atomic E-state index is 11.4. The number of hydrogen-bond acceptors (Lipinski definition) is 4. The maximum absolute atomic E-state index is 11.4. The lowest BCUT2D eigenvalue weighted by molar-refractivity contribution is -0.146. The topological polar surface area (TPSA) is 78.9 Å². The Bertz CT molecular complexity index is 533. The first-order chi connectivity index (χ1) is 9.99. The van der Waals surface area contributed by atoms with Crippen LogP contribution in [0.15, 0.2) is 18.2 Å². The summed E-state index contributed by atoms with van der Waals surface area (Å²) in [7, 11) is 0. The molecule has 1 unspecified atom stereocenters. The zero-order chi connectivity index (χ0) is 15.4. The number of hydrogen-bond donors (Lipinski definition) is 2. The largest absolute Gasteiger partial charge is 0.489 e. The van der Waals surface area contributed by atoms with Gasteiger partial charge in [0.2, 0.25) is 5.91 Å². The number of carboxylic acids is 1. The van der Waals surface area contributed by atoms with E-state index in [2.05, 4.69) is 5.32 Å². The van der Waals surface area contributed by atoms with Crippen LogP contribution >= 0.6 is 23.2 Å². The highest BCUT2D eigenvalue weighted by molar-refractivity contribution is 6.37. The molecule has 1 atom stereocenters. The van der Waals surface area contributed by atoms with Crippen molar-refractivity contribution in [2.24, 2.45) is 0 Å². The minimum atomic E-state index is -0.981. The molecule has 0 aliphatic carbocycles. The van der Waals surface area contributed by atoms with E-state index in [-0.39, 0.29) is 32.1 Å². The highest BCUT2D eigenvalue weighted by atomic mass is 35.5. The number of para-hydroxylation sites is 1. The second-order valence-electron chi connectivity index (χ2n) is 4.53. The van der Waals surface area contributed by atoms with Gasteiger partial charge in [0.25, 0.3) is 0 Å². The third kappa shape index (κ3) is 4.00. The zero-order valence-electron chi connectivity index (χ0n) is 11.0. The monoisotopic (exact) mass is 332 g/mol. The second kappa shape index (κ2) is 6.98. The molecule has 0 spiro atoms. The molecule has 114 valence electrons. The molecule has 1 fully saturated rings. The van der Waals surface area contributed by atoms with E-state index in [4.69, 9.17) is 33.0 Å². The molecule has 21 heavy (non-hydrogen) atoms. The molecule has 0 aromatic heterocycles. The summed E-state index contributed by atoms with van der Waals surface area (Å²) in [6.45, 7) is 0.573. The number of ether oxygens (including phenoxy) is 1. The molecule has 2 N–H and O–H groups in total. The van der Waals surface area contributed by atoms with Crippen molar-refractivity contribution in [2.75, 3.05) is 26.2 Å². The standard InChI is InChI=1S/C13H14Cl2N2O4/c14-8-2-1-3-9(15)12(8)21-5-4-17-7-11(18)16-6-10(17)13(19)20/h1-3,10H,4-7H2,(H,16,18)(H,19,20). The summed E-state index contributed by atoms with van der Waals surface area (Å²) in [6, 6.07) is 4.24. The zero-order valence-corrected chi connectivity index (χ0v) is 12.5. The molecule has 6 nitrogen and oxygen atoms in total. The summed E-state index contributed by atoms with van der Waals surface area (Å²) in [4.78, 5) is 24.0. The van der Waals surface area contributed by atoms with Crippen molar-refractivity contribution in [3.63, 3.8) is 0 Å². The number of amides is 1. The fraction of sp³-hybridized carbons (Fsp3) is 0.385. The number of nitrogens with zero attached hydrogens (tertiary/aromatic N) is 1. The Morgan fingerprint density at radius 3 is 2.71 bits per heavy atom. The summed E-state index contributed by atoms with van der Waals surface area (Å²) in [5.74, 6) is -0.830.